The van der Waals surface area contributed by atoms with Crippen molar-refractivity contribution in [2.24, 2.45) is 7.05 Å². The second-order valence-corrected chi connectivity index (χ2v) is 8.97. The molecular weight excluding hydrogens is 458 g/mol. The van der Waals surface area contributed by atoms with Gasteiger partial charge in [0, 0.05) is 75.2 Å². The molecule has 0 amide bonds. The fraction of sp³-hybridized carbons (Fsp3) is 0.308. The Labute approximate surface area is 210 Å². The van der Waals surface area contributed by atoms with Crippen LogP contribution in [0.15, 0.2) is 54.9 Å². The van der Waals surface area contributed by atoms with Gasteiger partial charge in [0.2, 0.25) is 5.95 Å². The molecule has 10 nitrogen and oxygen atoms in total. The Kier molecular flexibility index (Phi) is 7.07. The van der Waals surface area contributed by atoms with Gasteiger partial charge in [0.15, 0.2) is 0 Å². The van der Waals surface area contributed by atoms with Crippen molar-refractivity contribution in [3.8, 4) is 17.0 Å². The summed E-state index contributed by atoms with van der Waals surface area (Å²) in [6.07, 6.45) is 3.74. The van der Waals surface area contributed by atoms with Gasteiger partial charge >= 0.3 is 0 Å². The smallest absolute Gasteiger partial charge is 0.294 e. The van der Waals surface area contributed by atoms with E-state index in [4.69, 9.17) is 9.72 Å². The molecule has 188 valence electrons. The zero-order valence-corrected chi connectivity index (χ0v) is 21.5. The molecule has 2 aromatic carbocycles. The van der Waals surface area contributed by atoms with E-state index in [0.29, 0.717) is 29.6 Å². The molecule has 0 unspecified atom stereocenters. The first-order chi connectivity index (χ1) is 17.2. The summed E-state index contributed by atoms with van der Waals surface area (Å²) >= 11 is 0. The van der Waals surface area contributed by atoms with Crippen molar-refractivity contribution in [1.29, 1.82) is 0 Å². The Bertz CT molecular complexity index is 1400. The largest absolute Gasteiger partial charge is 0.494 e. The summed E-state index contributed by atoms with van der Waals surface area (Å²) in [6, 6.07) is 13.2. The molecule has 4 rings (SSSR count). The number of rotatable bonds is 9. The van der Waals surface area contributed by atoms with Crippen molar-refractivity contribution in [2.75, 3.05) is 58.2 Å². The number of nitro benzene ring substituents is 1. The first-order valence-corrected chi connectivity index (χ1v) is 11.5. The summed E-state index contributed by atoms with van der Waals surface area (Å²) in [4.78, 5) is 26.5. The number of nitro groups is 1. The van der Waals surface area contributed by atoms with E-state index < -0.39 is 0 Å². The number of methoxy groups -OCH3 is 1. The van der Waals surface area contributed by atoms with Crippen LogP contribution >= 0.6 is 0 Å². The first-order valence-electron chi connectivity index (χ1n) is 11.5. The third-order valence-electron chi connectivity index (χ3n) is 6.24. The average Bonchev–Trinajstić information content (AvgIpc) is 3.22. The van der Waals surface area contributed by atoms with Gasteiger partial charge < -0.3 is 24.0 Å². The Morgan fingerprint density at radius 2 is 1.81 bits per heavy atom. The highest BCUT2D eigenvalue weighted by atomic mass is 16.6. The van der Waals surface area contributed by atoms with E-state index in [1.165, 1.54) is 6.07 Å². The summed E-state index contributed by atoms with van der Waals surface area (Å²) in [5.74, 6) is 0.899. The van der Waals surface area contributed by atoms with Crippen LogP contribution in [-0.2, 0) is 7.05 Å². The van der Waals surface area contributed by atoms with Crippen molar-refractivity contribution in [3.05, 3.63) is 65.0 Å². The van der Waals surface area contributed by atoms with Gasteiger partial charge in [-0.25, -0.2) is 9.97 Å². The van der Waals surface area contributed by atoms with E-state index in [9.17, 15) is 10.1 Å². The number of nitrogens with zero attached hydrogens (tertiary/aromatic N) is 7. The molecule has 0 fully saturated rings. The van der Waals surface area contributed by atoms with Crippen LogP contribution in [0.4, 0.5) is 23.0 Å². The number of benzene rings is 2. The van der Waals surface area contributed by atoms with Gasteiger partial charge in [-0.2, -0.15) is 0 Å². The van der Waals surface area contributed by atoms with Crippen LogP contribution in [0, 0.1) is 10.1 Å². The highest BCUT2D eigenvalue weighted by Crippen LogP contribution is 2.41. The van der Waals surface area contributed by atoms with Crippen molar-refractivity contribution in [1.82, 2.24) is 19.4 Å². The molecule has 0 saturated heterocycles. The molecule has 0 bridgehead atoms. The summed E-state index contributed by atoms with van der Waals surface area (Å²) in [6.45, 7) is 1.38. The van der Waals surface area contributed by atoms with E-state index >= 15 is 0 Å². The van der Waals surface area contributed by atoms with E-state index in [1.807, 2.05) is 62.4 Å². The van der Waals surface area contributed by atoms with Gasteiger partial charge in [-0.05, 0) is 26.2 Å². The highest BCUT2D eigenvalue weighted by Gasteiger charge is 2.25. The van der Waals surface area contributed by atoms with Gasteiger partial charge in [-0.3, -0.25) is 10.1 Å². The Morgan fingerprint density at radius 3 is 2.50 bits per heavy atom. The normalized spacial score (nSPS) is 11.2. The lowest BCUT2D eigenvalue weighted by Gasteiger charge is -2.25. The Hall–Kier alpha value is -4.18. The van der Waals surface area contributed by atoms with Crippen LogP contribution in [0.25, 0.3) is 22.2 Å². The summed E-state index contributed by atoms with van der Waals surface area (Å²) in [7, 11) is 11.1. The number of hydrogen-bond acceptors (Lipinski definition) is 8. The molecular formula is C26H31N7O3. The van der Waals surface area contributed by atoms with Crippen LogP contribution < -0.4 is 14.5 Å². The summed E-state index contributed by atoms with van der Waals surface area (Å²) < 4.78 is 7.72. The predicted molar refractivity (Wildman–Crippen MR) is 143 cm³/mol. The molecule has 0 saturated carbocycles. The van der Waals surface area contributed by atoms with Crippen LogP contribution in [0.5, 0.6) is 5.75 Å². The average molecular weight is 490 g/mol. The minimum Gasteiger partial charge on any atom is -0.494 e. The zero-order chi connectivity index (χ0) is 26.0. The standard InChI is InChI=1S/C26H31N7O3/c1-29(2)13-14-30(3)22-16-25(36-6)24(15-23(22)33(34)35)32(5)26-27-12-11-20(28-26)19-17-31(4)21-10-8-7-9-18(19)21/h7-12,15-17H,13-14H2,1-6H3. The fourth-order valence-electron chi connectivity index (χ4n) is 4.21. The van der Waals surface area contributed by atoms with Gasteiger partial charge in [0.25, 0.3) is 5.69 Å². The second-order valence-electron chi connectivity index (χ2n) is 8.97. The predicted octanol–water partition coefficient (Wildman–Crippen LogP) is 4.32. The molecule has 0 aliphatic rings. The van der Waals surface area contributed by atoms with Gasteiger partial charge in [0.05, 0.1) is 23.4 Å². The lowest BCUT2D eigenvalue weighted by Crippen LogP contribution is -2.29. The topological polar surface area (TPSA) is 92.8 Å². The third-order valence-corrected chi connectivity index (χ3v) is 6.24. The molecule has 0 aliphatic heterocycles. The van der Waals surface area contributed by atoms with Crippen molar-refractivity contribution >= 4 is 33.9 Å². The molecule has 0 atom stereocenters. The summed E-state index contributed by atoms with van der Waals surface area (Å²) in [5, 5.41) is 13.1. The van der Waals surface area contributed by atoms with E-state index in [1.54, 1.807) is 31.3 Å². The molecule has 36 heavy (non-hydrogen) atoms. The third kappa shape index (κ3) is 4.80. The Morgan fingerprint density at radius 1 is 1.06 bits per heavy atom. The number of hydrogen-bond donors (Lipinski definition) is 0. The molecule has 0 N–H and O–H groups in total. The molecule has 4 aromatic rings. The van der Waals surface area contributed by atoms with Gasteiger partial charge in [-0.1, -0.05) is 18.2 Å². The van der Waals surface area contributed by atoms with E-state index in [2.05, 4.69) is 21.7 Å². The monoisotopic (exact) mass is 489 g/mol. The van der Waals surface area contributed by atoms with Crippen LogP contribution in [-0.4, -0.2) is 72.7 Å². The fourth-order valence-corrected chi connectivity index (χ4v) is 4.21. The van der Waals surface area contributed by atoms with E-state index in [0.717, 1.165) is 28.7 Å². The number of ether oxygens (including phenoxy) is 1. The molecule has 2 aromatic heterocycles. The molecule has 0 aliphatic carbocycles. The van der Waals surface area contributed by atoms with Gasteiger partial charge in [-0.15, -0.1) is 0 Å². The van der Waals surface area contributed by atoms with E-state index in [-0.39, 0.29) is 10.6 Å². The van der Waals surface area contributed by atoms with Gasteiger partial charge in [0.1, 0.15) is 11.4 Å². The SMILES string of the molecule is COc1cc(N(C)CCN(C)C)c([N+](=O)[O-])cc1N(C)c1nccc(-c2cn(C)c3ccccc23)n1. The number of anilines is 3. The van der Waals surface area contributed by atoms with Crippen molar-refractivity contribution < 1.29 is 9.66 Å². The minimum atomic E-state index is -0.369. The quantitative estimate of drug-likeness (QED) is 0.254. The number of fused-ring (bicyclic) bond motifs is 1. The number of aryl methyl sites for hydroxylation is 1. The summed E-state index contributed by atoms with van der Waals surface area (Å²) in [5.41, 5.74) is 3.83. The maximum atomic E-state index is 12.0. The van der Waals surface area contributed by atoms with Crippen LogP contribution in [0.2, 0.25) is 0 Å². The second kappa shape index (κ2) is 10.2. The van der Waals surface area contributed by atoms with Crippen molar-refractivity contribution in [2.45, 2.75) is 0 Å². The number of aromatic nitrogens is 3. The molecule has 10 heteroatoms. The maximum absolute atomic E-state index is 12.0. The molecule has 0 radical (unpaired) electrons. The molecule has 2 heterocycles. The number of para-hydroxylation sites is 1. The van der Waals surface area contributed by atoms with Crippen molar-refractivity contribution in [3.63, 3.8) is 0 Å². The Balaban J connectivity index is 1.75. The molecule has 0 spiro atoms. The first kappa shape index (κ1) is 24.9. The zero-order valence-electron chi connectivity index (χ0n) is 21.5. The van der Waals surface area contributed by atoms with Crippen LogP contribution in [0.3, 0.4) is 0 Å². The number of likely N-dealkylation sites (N-methyl/N-ethyl adjacent to an activating group) is 2. The lowest BCUT2D eigenvalue weighted by molar-refractivity contribution is -0.384. The van der Waals surface area contributed by atoms with Crippen LogP contribution in [0.1, 0.15) is 0 Å². The highest BCUT2D eigenvalue weighted by molar-refractivity contribution is 5.95. The lowest BCUT2D eigenvalue weighted by atomic mass is 10.1. The maximum Gasteiger partial charge on any atom is 0.294 e. The minimum absolute atomic E-state index is 0.0101.